The molecule has 0 radical (unpaired) electrons. The first-order chi connectivity index (χ1) is 14.4. The smallest absolute Gasteiger partial charge is 0.370 e. The number of aliphatic hydroxyl groups excluding tert-OH is 1. The van der Waals surface area contributed by atoms with Gasteiger partial charge in [0.1, 0.15) is 12.1 Å². The van der Waals surface area contributed by atoms with Gasteiger partial charge in [-0.3, -0.25) is 4.74 Å². The van der Waals surface area contributed by atoms with Crippen molar-refractivity contribution >= 4 is 16.6 Å². The number of benzene rings is 1. The van der Waals surface area contributed by atoms with Crippen LogP contribution in [0.15, 0.2) is 36.0 Å². The zero-order valence-electron chi connectivity index (χ0n) is 17.0. The summed E-state index contributed by atoms with van der Waals surface area (Å²) in [6.45, 7) is 0.982. The Labute approximate surface area is 175 Å². The molecule has 1 aromatic carbocycles. The second kappa shape index (κ2) is 7.59. The predicted molar refractivity (Wildman–Crippen MR) is 104 cm³/mol. The Morgan fingerprint density at radius 3 is 2.58 bits per heavy atom. The van der Waals surface area contributed by atoms with E-state index in [2.05, 4.69) is 9.72 Å². The van der Waals surface area contributed by atoms with Crippen molar-refractivity contribution in [3.8, 4) is 0 Å². The minimum Gasteiger partial charge on any atom is -0.370 e. The summed E-state index contributed by atoms with van der Waals surface area (Å²) >= 11 is 0. The SMILES string of the molecule is CC1=CC(c2ccc3nc(C4CC(F)(F)C4)n(CCOC(F)(F)F)c3c2)=CN(C)C1O. The Balaban J connectivity index is 1.71. The topological polar surface area (TPSA) is 50.5 Å². The molecule has 1 aromatic heterocycles. The van der Waals surface area contributed by atoms with Crippen LogP contribution in [0, 0.1) is 0 Å². The number of halogens is 5. The summed E-state index contributed by atoms with van der Waals surface area (Å²) in [6, 6.07) is 5.31. The molecule has 5 nitrogen and oxygen atoms in total. The normalized spacial score (nSPS) is 21.8. The van der Waals surface area contributed by atoms with Crippen LogP contribution in [-0.4, -0.2) is 51.7 Å². The minimum atomic E-state index is -4.77. The third-order valence-corrected chi connectivity index (χ3v) is 5.67. The van der Waals surface area contributed by atoms with E-state index in [1.807, 2.05) is 12.1 Å². The summed E-state index contributed by atoms with van der Waals surface area (Å²) in [7, 11) is 1.73. The Morgan fingerprint density at radius 1 is 1.26 bits per heavy atom. The number of imidazole rings is 1. The van der Waals surface area contributed by atoms with Gasteiger partial charge in [0.05, 0.1) is 17.6 Å². The number of hydrogen-bond acceptors (Lipinski definition) is 4. The van der Waals surface area contributed by atoms with E-state index in [4.69, 9.17) is 0 Å². The predicted octanol–water partition coefficient (Wildman–Crippen LogP) is 4.64. The van der Waals surface area contributed by atoms with Crippen molar-refractivity contribution in [2.75, 3.05) is 13.7 Å². The Morgan fingerprint density at radius 2 is 1.97 bits per heavy atom. The van der Waals surface area contributed by atoms with Crippen LogP contribution in [-0.2, 0) is 11.3 Å². The molecule has 2 aliphatic rings. The molecule has 1 atom stereocenters. The van der Waals surface area contributed by atoms with Crippen LogP contribution in [0.2, 0.25) is 0 Å². The summed E-state index contributed by atoms with van der Waals surface area (Å²) in [4.78, 5) is 6.10. The van der Waals surface area contributed by atoms with Gasteiger partial charge in [0.15, 0.2) is 0 Å². The summed E-state index contributed by atoms with van der Waals surface area (Å²) in [5.74, 6) is -2.95. The Hall–Kier alpha value is -2.46. The average Bonchev–Trinajstić information content (AvgIpc) is 3.00. The summed E-state index contributed by atoms with van der Waals surface area (Å²) in [5.41, 5.74) is 3.39. The number of nitrogens with zero attached hydrogens (tertiary/aromatic N) is 3. The molecule has 0 spiro atoms. The number of likely N-dealkylation sites (N-methyl/N-ethyl adjacent to an activating group) is 1. The van der Waals surface area contributed by atoms with Crippen molar-refractivity contribution in [1.82, 2.24) is 14.5 Å². The molecule has 1 aliphatic carbocycles. The molecule has 1 unspecified atom stereocenters. The lowest BCUT2D eigenvalue weighted by atomic mass is 9.81. The van der Waals surface area contributed by atoms with Crippen molar-refractivity contribution in [3.63, 3.8) is 0 Å². The van der Waals surface area contributed by atoms with Gasteiger partial charge in [0.2, 0.25) is 5.92 Å². The largest absolute Gasteiger partial charge is 0.522 e. The Kier molecular flexibility index (Phi) is 5.33. The Bertz CT molecular complexity index is 1050. The number of allylic oxidation sites excluding steroid dienone is 2. The molecule has 0 bridgehead atoms. The zero-order chi connectivity index (χ0) is 22.6. The molecule has 4 rings (SSSR count). The second-order valence-corrected chi connectivity index (χ2v) is 8.09. The van der Waals surface area contributed by atoms with Gasteiger partial charge in [0.25, 0.3) is 0 Å². The number of aliphatic hydroxyl groups is 1. The summed E-state index contributed by atoms with van der Waals surface area (Å²) in [5, 5.41) is 10.1. The monoisotopic (exact) mass is 443 g/mol. The summed E-state index contributed by atoms with van der Waals surface area (Å²) in [6.07, 6.45) is -2.67. The molecule has 1 saturated carbocycles. The van der Waals surface area contributed by atoms with E-state index < -0.39 is 31.0 Å². The first kappa shape index (κ1) is 21.8. The van der Waals surface area contributed by atoms with Crippen LogP contribution in [0.4, 0.5) is 22.0 Å². The van der Waals surface area contributed by atoms with Gasteiger partial charge in [0, 0.05) is 38.6 Å². The fourth-order valence-corrected chi connectivity index (χ4v) is 4.09. The molecule has 1 fully saturated rings. The highest BCUT2D eigenvalue weighted by molar-refractivity contribution is 5.85. The molecule has 0 saturated heterocycles. The standard InChI is InChI=1S/C21H22F5N3O2/c1-12-7-14(11-28(2)19(12)30)13-3-4-16-17(8-13)29(5-6-31-21(24,25)26)18(27-16)15-9-20(22,23)10-15/h3-4,7-8,11,15,19,30H,5-6,9-10H2,1-2H3. The van der Waals surface area contributed by atoms with Gasteiger partial charge in [-0.15, -0.1) is 13.2 Å². The molecule has 168 valence electrons. The van der Waals surface area contributed by atoms with E-state index in [1.54, 1.807) is 41.8 Å². The van der Waals surface area contributed by atoms with Crippen LogP contribution >= 0.6 is 0 Å². The minimum absolute atomic E-state index is 0.163. The van der Waals surface area contributed by atoms with Crippen molar-refractivity contribution in [1.29, 1.82) is 0 Å². The lowest BCUT2D eigenvalue weighted by molar-refractivity contribution is -0.325. The van der Waals surface area contributed by atoms with Crippen LogP contribution < -0.4 is 0 Å². The van der Waals surface area contributed by atoms with Crippen LogP contribution in [0.5, 0.6) is 0 Å². The number of hydrogen-bond donors (Lipinski definition) is 1. The maximum absolute atomic E-state index is 13.4. The lowest BCUT2D eigenvalue weighted by Gasteiger charge is -2.34. The van der Waals surface area contributed by atoms with Gasteiger partial charge < -0.3 is 14.6 Å². The fourth-order valence-electron chi connectivity index (χ4n) is 4.09. The molecule has 1 aliphatic heterocycles. The molecule has 10 heteroatoms. The third kappa shape index (κ3) is 4.45. The van der Waals surface area contributed by atoms with Gasteiger partial charge in [-0.1, -0.05) is 6.07 Å². The summed E-state index contributed by atoms with van der Waals surface area (Å²) < 4.78 is 69.7. The van der Waals surface area contributed by atoms with Gasteiger partial charge in [-0.2, -0.15) is 0 Å². The molecule has 2 heterocycles. The number of alkyl halides is 5. The van der Waals surface area contributed by atoms with Crippen LogP contribution in [0.25, 0.3) is 16.6 Å². The molecular weight excluding hydrogens is 421 g/mol. The zero-order valence-corrected chi connectivity index (χ0v) is 17.0. The average molecular weight is 443 g/mol. The van der Waals surface area contributed by atoms with Gasteiger partial charge in [-0.05, 0) is 41.8 Å². The second-order valence-electron chi connectivity index (χ2n) is 8.09. The number of ether oxygens (including phenoxy) is 1. The molecule has 1 N–H and O–H groups in total. The molecule has 0 amide bonds. The third-order valence-electron chi connectivity index (χ3n) is 5.67. The quantitative estimate of drug-likeness (QED) is 0.685. The van der Waals surface area contributed by atoms with Crippen molar-refractivity contribution < 1.29 is 31.8 Å². The highest BCUT2D eigenvalue weighted by Gasteiger charge is 2.48. The van der Waals surface area contributed by atoms with Crippen molar-refractivity contribution in [2.24, 2.45) is 0 Å². The van der Waals surface area contributed by atoms with Crippen LogP contribution in [0.3, 0.4) is 0 Å². The van der Waals surface area contributed by atoms with Gasteiger partial charge in [-0.25, -0.2) is 13.8 Å². The number of rotatable bonds is 5. The van der Waals surface area contributed by atoms with E-state index >= 15 is 0 Å². The van der Waals surface area contributed by atoms with E-state index in [0.29, 0.717) is 16.9 Å². The molecule has 31 heavy (non-hydrogen) atoms. The molecule has 2 aromatic rings. The number of aromatic nitrogens is 2. The first-order valence-electron chi connectivity index (χ1n) is 9.83. The maximum atomic E-state index is 13.4. The van der Waals surface area contributed by atoms with Crippen molar-refractivity contribution in [3.05, 3.63) is 47.4 Å². The highest BCUT2D eigenvalue weighted by Crippen LogP contribution is 2.48. The maximum Gasteiger partial charge on any atom is 0.522 e. The number of fused-ring (bicyclic) bond motifs is 1. The van der Waals surface area contributed by atoms with Crippen LogP contribution in [0.1, 0.15) is 37.1 Å². The van der Waals surface area contributed by atoms with Gasteiger partial charge >= 0.3 is 6.36 Å². The van der Waals surface area contributed by atoms with E-state index in [1.165, 1.54) is 0 Å². The fraction of sp³-hybridized carbons (Fsp3) is 0.476. The van der Waals surface area contributed by atoms with E-state index in [9.17, 15) is 27.1 Å². The lowest BCUT2D eigenvalue weighted by Crippen LogP contribution is -2.35. The first-order valence-corrected chi connectivity index (χ1v) is 9.83. The highest BCUT2D eigenvalue weighted by atomic mass is 19.4. The van der Waals surface area contributed by atoms with Crippen molar-refractivity contribution in [2.45, 2.75) is 50.7 Å². The van der Waals surface area contributed by atoms with E-state index in [-0.39, 0.29) is 19.4 Å². The molecular formula is C21H22F5N3O2. The van der Waals surface area contributed by atoms with E-state index in [0.717, 1.165) is 16.7 Å².